The molecule has 0 heterocycles. The average Bonchev–Trinajstić information content (AvgIpc) is 2.68. The van der Waals surface area contributed by atoms with Crippen LogP contribution in [0.25, 0.3) is 0 Å². The van der Waals surface area contributed by atoms with Crippen LogP contribution in [0.5, 0.6) is 0 Å². The number of benzene rings is 3. The van der Waals surface area contributed by atoms with Crippen molar-refractivity contribution in [2.45, 2.75) is 4.90 Å². The quantitative estimate of drug-likeness (QED) is 0.628. The van der Waals surface area contributed by atoms with Gasteiger partial charge in [-0.25, -0.2) is 8.42 Å². The minimum absolute atomic E-state index is 0.0961. The van der Waals surface area contributed by atoms with Gasteiger partial charge < -0.3 is 5.32 Å². The van der Waals surface area contributed by atoms with Gasteiger partial charge in [0.15, 0.2) is 0 Å². The van der Waals surface area contributed by atoms with E-state index in [2.05, 4.69) is 21.2 Å². The van der Waals surface area contributed by atoms with E-state index < -0.39 is 10.0 Å². The number of carbonyl (C=O) groups excluding carboxylic acids is 1. The number of hydrogen-bond donors (Lipinski definition) is 1. The summed E-state index contributed by atoms with van der Waals surface area (Å²) in [5, 5.41) is 2.74. The van der Waals surface area contributed by atoms with Crippen LogP contribution in [0.3, 0.4) is 0 Å². The van der Waals surface area contributed by atoms with E-state index in [1.165, 1.54) is 23.5 Å². The third-order valence-corrected chi connectivity index (χ3v) is 6.46. The van der Waals surface area contributed by atoms with E-state index in [0.29, 0.717) is 21.4 Å². The Balaban J connectivity index is 1.87. The SMILES string of the molecule is CN(c1ccccc1)S(=O)(=O)c1cccc(NC(=O)c2ccccc2Br)c1. The number of rotatable bonds is 5. The van der Waals surface area contributed by atoms with Crippen LogP contribution in [-0.4, -0.2) is 21.4 Å². The van der Waals surface area contributed by atoms with E-state index in [4.69, 9.17) is 0 Å². The summed E-state index contributed by atoms with van der Waals surface area (Å²) in [4.78, 5) is 12.5. The fourth-order valence-corrected chi connectivity index (χ4v) is 4.22. The summed E-state index contributed by atoms with van der Waals surface area (Å²) in [5.74, 6) is -0.326. The second kappa shape index (κ2) is 7.94. The second-order valence-corrected chi connectivity index (χ2v) is 8.59. The Labute approximate surface area is 166 Å². The lowest BCUT2D eigenvalue weighted by Gasteiger charge is -2.20. The monoisotopic (exact) mass is 444 g/mol. The summed E-state index contributed by atoms with van der Waals surface area (Å²) >= 11 is 3.34. The van der Waals surface area contributed by atoms with Crippen molar-refractivity contribution in [3.05, 3.63) is 88.9 Å². The number of carbonyl (C=O) groups is 1. The van der Waals surface area contributed by atoms with E-state index in [1.807, 2.05) is 12.1 Å². The zero-order valence-corrected chi connectivity index (χ0v) is 16.9. The molecule has 1 N–H and O–H groups in total. The molecule has 1 amide bonds. The minimum Gasteiger partial charge on any atom is -0.322 e. The summed E-state index contributed by atoms with van der Waals surface area (Å²) < 4.78 is 27.7. The Morgan fingerprint density at radius 1 is 0.926 bits per heavy atom. The third kappa shape index (κ3) is 4.20. The molecular weight excluding hydrogens is 428 g/mol. The molecule has 0 bridgehead atoms. The Bertz CT molecular complexity index is 1070. The molecule has 3 aromatic carbocycles. The maximum Gasteiger partial charge on any atom is 0.264 e. The summed E-state index contributed by atoms with van der Waals surface area (Å²) in [7, 11) is -2.25. The van der Waals surface area contributed by atoms with Gasteiger partial charge in [0.1, 0.15) is 0 Å². The predicted octanol–water partition coefficient (Wildman–Crippen LogP) is 4.53. The highest BCUT2D eigenvalue weighted by Gasteiger charge is 2.21. The van der Waals surface area contributed by atoms with Gasteiger partial charge >= 0.3 is 0 Å². The number of anilines is 2. The number of hydrogen-bond acceptors (Lipinski definition) is 3. The Morgan fingerprint density at radius 3 is 2.30 bits per heavy atom. The van der Waals surface area contributed by atoms with Gasteiger partial charge in [0.05, 0.1) is 16.1 Å². The third-order valence-electron chi connectivity index (χ3n) is 3.99. The standard InChI is InChI=1S/C20H17BrN2O3S/c1-23(16-9-3-2-4-10-16)27(25,26)17-11-7-8-15(14-17)22-20(24)18-12-5-6-13-19(18)21/h2-14H,1H3,(H,22,24). The molecule has 0 radical (unpaired) electrons. The van der Waals surface area contributed by atoms with Crippen molar-refractivity contribution in [3.63, 3.8) is 0 Å². The second-order valence-electron chi connectivity index (χ2n) is 5.77. The van der Waals surface area contributed by atoms with E-state index in [-0.39, 0.29) is 10.8 Å². The van der Waals surface area contributed by atoms with Gasteiger partial charge in [0, 0.05) is 17.2 Å². The maximum absolute atomic E-state index is 12.9. The number of sulfonamides is 1. The molecule has 0 aliphatic heterocycles. The largest absolute Gasteiger partial charge is 0.322 e. The molecule has 3 rings (SSSR count). The summed E-state index contributed by atoms with van der Waals surface area (Å²) in [6, 6.07) is 22.0. The number of para-hydroxylation sites is 1. The van der Waals surface area contributed by atoms with Gasteiger partial charge in [-0.2, -0.15) is 0 Å². The van der Waals surface area contributed by atoms with Crippen molar-refractivity contribution >= 4 is 43.2 Å². The molecule has 0 aromatic heterocycles. The van der Waals surface area contributed by atoms with Gasteiger partial charge in [0.2, 0.25) is 0 Å². The van der Waals surface area contributed by atoms with Crippen LogP contribution in [0.1, 0.15) is 10.4 Å². The Kier molecular flexibility index (Phi) is 5.62. The van der Waals surface area contributed by atoms with E-state index in [9.17, 15) is 13.2 Å². The fraction of sp³-hybridized carbons (Fsp3) is 0.0500. The normalized spacial score (nSPS) is 11.0. The molecule has 5 nitrogen and oxygen atoms in total. The highest BCUT2D eigenvalue weighted by Crippen LogP contribution is 2.24. The van der Waals surface area contributed by atoms with Crippen LogP contribution < -0.4 is 9.62 Å². The zero-order valence-electron chi connectivity index (χ0n) is 14.5. The topological polar surface area (TPSA) is 66.5 Å². The van der Waals surface area contributed by atoms with Crippen molar-refractivity contribution < 1.29 is 13.2 Å². The van der Waals surface area contributed by atoms with Crippen molar-refractivity contribution in [3.8, 4) is 0 Å². The molecule has 0 spiro atoms. The predicted molar refractivity (Wildman–Crippen MR) is 111 cm³/mol. The summed E-state index contributed by atoms with van der Waals surface area (Å²) in [6.07, 6.45) is 0. The molecule has 138 valence electrons. The highest BCUT2D eigenvalue weighted by molar-refractivity contribution is 9.10. The van der Waals surface area contributed by atoms with Gasteiger partial charge in [0.25, 0.3) is 15.9 Å². The van der Waals surface area contributed by atoms with Gasteiger partial charge in [-0.15, -0.1) is 0 Å². The lowest BCUT2D eigenvalue weighted by atomic mass is 10.2. The van der Waals surface area contributed by atoms with Crippen LogP contribution >= 0.6 is 15.9 Å². The first-order chi connectivity index (χ1) is 12.9. The molecule has 0 saturated carbocycles. The van der Waals surface area contributed by atoms with Crippen LogP contribution in [-0.2, 0) is 10.0 Å². The molecule has 0 atom stereocenters. The number of amides is 1. The van der Waals surface area contributed by atoms with E-state index in [0.717, 1.165) is 0 Å². The van der Waals surface area contributed by atoms with Crippen molar-refractivity contribution in [1.82, 2.24) is 0 Å². The maximum atomic E-state index is 12.9. The molecule has 7 heteroatoms. The molecule has 0 fully saturated rings. The molecule has 0 aliphatic rings. The van der Waals surface area contributed by atoms with E-state index >= 15 is 0 Å². The van der Waals surface area contributed by atoms with E-state index in [1.54, 1.807) is 54.6 Å². The Morgan fingerprint density at radius 2 is 1.59 bits per heavy atom. The smallest absolute Gasteiger partial charge is 0.264 e. The first-order valence-electron chi connectivity index (χ1n) is 8.09. The molecule has 3 aromatic rings. The number of halogens is 1. The number of nitrogens with one attached hydrogen (secondary N) is 1. The van der Waals surface area contributed by atoms with Crippen molar-refractivity contribution in [2.75, 3.05) is 16.7 Å². The van der Waals surface area contributed by atoms with Crippen LogP contribution in [0.2, 0.25) is 0 Å². The minimum atomic E-state index is -3.75. The average molecular weight is 445 g/mol. The van der Waals surface area contributed by atoms with Crippen molar-refractivity contribution in [1.29, 1.82) is 0 Å². The lowest BCUT2D eigenvalue weighted by Crippen LogP contribution is -2.26. The lowest BCUT2D eigenvalue weighted by molar-refractivity contribution is 0.102. The molecule has 0 aliphatic carbocycles. The molecular formula is C20H17BrN2O3S. The van der Waals surface area contributed by atoms with Gasteiger partial charge in [-0.05, 0) is 58.4 Å². The van der Waals surface area contributed by atoms with Gasteiger partial charge in [-0.1, -0.05) is 36.4 Å². The van der Waals surface area contributed by atoms with Crippen molar-refractivity contribution in [2.24, 2.45) is 0 Å². The van der Waals surface area contributed by atoms with Gasteiger partial charge in [-0.3, -0.25) is 9.10 Å². The van der Waals surface area contributed by atoms with Crippen LogP contribution in [0, 0.1) is 0 Å². The summed E-state index contributed by atoms with van der Waals surface area (Å²) in [5.41, 5.74) is 1.42. The summed E-state index contributed by atoms with van der Waals surface area (Å²) in [6.45, 7) is 0. The number of nitrogens with zero attached hydrogens (tertiary/aromatic N) is 1. The molecule has 27 heavy (non-hydrogen) atoms. The first-order valence-corrected chi connectivity index (χ1v) is 10.3. The zero-order chi connectivity index (χ0) is 19.4. The Hall–Kier alpha value is -2.64. The molecule has 0 unspecified atom stereocenters. The fourth-order valence-electron chi connectivity index (χ4n) is 2.51. The van der Waals surface area contributed by atoms with Crippen LogP contribution in [0.4, 0.5) is 11.4 Å². The first kappa shape index (κ1) is 19.1. The highest BCUT2D eigenvalue weighted by atomic mass is 79.9. The molecule has 0 saturated heterocycles. The van der Waals surface area contributed by atoms with Crippen LogP contribution in [0.15, 0.2) is 88.2 Å².